The summed E-state index contributed by atoms with van der Waals surface area (Å²) in [4.78, 5) is 0. The number of nitrogens with zero attached hydrogens (tertiary/aromatic N) is 6. The molecule has 16 heavy (non-hydrogen) atoms. The third kappa shape index (κ3) is 4.06. The van der Waals surface area contributed by atoms with Crippen LogP contribution in [-0.4, -0.2) is 52.2 Å². The molecule has 0 unspecified atom stereocenters. The molecular weight excluding hydrogens is 216 g/mol. The highest BCUT2D eigenvalue weighted by molar-refractivity contribution is 4.79. The van der Waals surface area contributed by atoms with E-state index in [1.54, 1.807) is 0 Å². The maximum Gasteiger partial charge on any atom is 0.174 e. The monoisotopic (exact) mass is 230 g/mol. The molecule has 6 N–H and O–H groups in total. The molecule has 0 aliphatic rings. The number of hydrogen-bond acceptors (Lipinski definition) is 6. The lowest BCUT2D eigenvalue weighted by atomic mass is 10.2. The van der Waals surface area contributed by atoms with Crippen molar-refractivity contribution >= 4 is 0 Å². The van der Waals surface area contributed by atoms with Gasteiger partial charge in [-0.25, -0.2) is 0 Å². The van der Waals surface area contributed by atoms with Crippen molar-refractivity contribution in [3.8, 4) is 0 Å². The van der Waals surface area contributed by atoms with Gasteiger partial charge in [0.05, 0.1) is 0 Å². The van der Waals surface area contributed by atoms with E-state index in [4.69, 9.17) is 0 Å². The molecule has 0 saturated carbocycles. The van der Waals surface area contributed by atoms with Crippen molar-refractivity contribution in [3.63, 3.8) is 0 Å². The maximum atomic E-state index is 3.85. The van der Waals surface area contributed by atoms with E-state index in [2.05, 4.69) is 41.2 Å². The van der Waals surface area contributed by atoms with Gasteiger partial charge in [0.1, 0.15) is 0 Å². The number of H-pyrrole nitrogens is 2. The molecule has 2 aromatic heterocycles. The summed E-state index contributed by atoms with van der Waals surface area (Å²) in [6.45, 7) is 0. The largest absolute Gasteiger partial charge is 0.412 e. The molecule has 2 aromatic rings. The molecule has 10 nitrogen and oxygen atoms in total. The third-order valence-corrected chi connectivity index (χ3v) is 1.83. The van der Waals surface area contributed by atoms with Crippen molar-refractivity contribution in [2.45, 2.75) is 25.7 Å². The molecule has 0 spiro atoms. The minimum Gasteiger partial charge on any atom is -0.412 e. The van der Waals surface area contributed by atoms with Crippen LogP contribution in [0, 0.1) is 0 Å². The van der Waals surface area contributed by atoms with E-state index in [0.717, 1.165) is 37.3 Å². The normalized spacial score (nSPS) is 9.25. The summed E-state index contributed by atoms with van der Waals surface area (Å²) in [6.07, 6.45) is 3.64. The lowest BCUT2D eigenvalue weighted by Crippen LogP contribution is -1.93. The zero-order valence-corrected chi connectivity index (χ0v) is 8.51. The second-order valence-corrected chi connectivity index (χ2v) is 2.86. The fraction of sp³-hybridized carbons (Fsp3) is 0.667. The summed E-state index contributed by atoms with van der Waals surface area (Å²) in [7, 11) is 0. The quantitative estimate of drug-likeness (QED) is 0.543. The van der Waals surface area contributed by atoms with Gasteiger partial charge in [-0.2, -0.15) is 10.4 Å². The highest BCUT2D eigenvalue weighted by atomic mass is 16.0. The van der Waals surface area contributed by atoms with Crippen molar-refractivity contribution < 1.29 is 11.0 Å². The number of aryl methyl sites for hydroxylation is 2. The number of aromatic nitrogens is 8. The van der Waals surface area contributed by atoms with Gasteiger partial charge in [-0.15, -0.1) is 20.4 Å². The topological polar surface area (TPSA) is 172 Å². The first kappa shape index (κ1) is 14.1. The molecular formula is C6H14N8O2. The summed E-state index contributed by atoms with van der Waals surface area (Å²) >= 11 is 0. The molecule has 0 aromatic carbocycles. The predicted molar refractivity (Wildman–Crippen MR) is 52.2 cm³/mol. The van der Waals surface area contributed by atoms with Crippen molar-refractivity contribution in [3.05, 3.63) is 11.6 Å². The van der Waals surface area contributed by atoms with E-state index in [9.17, 15) is 0 Å². The summed E-state index contributed by atoms with van der Waals surface area (Å²) in [6, 6.07) is 0. The van der Waals surface area contributed by atoms with Crippen LogP contribution in [0.25, 0.3) is 0 Å². The van der Waals surface area contributed by atoms with E-state index < -0.39 is 0 Å². The Hall–Kier alpha value is -1.94. The fourth-order valence-corrected chi connectivity index (χ4v) is 1.14. The Morgan fingerprint density at radius 2 is 1.19 bits per heavy atom. The predicted octanol–water partition coefficient (Wildman–Crippen LogP) is -2.37. The van der Waals surface area contributed by atoms with Crippen LogP contribution in [0.4, 0.5) is 0 Å². The zero-order chi connectivity index (χ0) is 9.64. The molecule has 0 saturated heterocycles. The number of nitrogens with one attached hydrogen (secondary N) is 2. The molecule has 2 rings (SSSR count). The lowest BCUT2D eigenvalue weighted by Gasteiger charge is -1.93. The molecule has 90 valence electrons. The Labute approximate surface area is 90.5 Å². The minimum atomic E-state index is 0. The molecule has 0 radical (unpaired) electrons. The third-order valence-electron chi connectivity index (χ3n) is 1.83. The van der Waals surface area contributed by atoms with Crippen molar-refractivity contribution in [2.24, 2.45) is 0 Å². The van der Waals surface area contributed by atoms with Gasteiger partial charge in [0.25, 0.3) is 0 Å². The summed E-state index contributed by atoms with van der Waals surface area (Å²) < 4.78 is 0. The second-order valence-electron chi connectivity index (χ2n) is 2.86. The SMILES string of the molecule is C(CCc1nn[nH]n1)Cc1nn[nH]n1.O.O. The second kappa shape index (κ2) is 7.36. The van der Waals surface area contributed by atoms with Crippen LogP contribution in [0.15, 0.2) is 0 Å². The van der Waals surface area contributed by atoms with Gasteiger partial charge >= 0.3 is 0 Å². The van der Waals surface area contributed by atoms with Crippen LogP contribution in [0.2, 0.25) is 0 Å². The smallest absolute Gasteiger partial charge is 0.174 e. The molecule has 0 fully saturated rings. The number of rotatable bonds is 5. The molecule has 0 amide bonds. The summed E-state index contributed by atoms with van der Waals surface area (Å²) in [5, 5.41) is 27.2. The standard InChI is InChI=1S/C6H10N8.2H2O/c1(3-5-7-11-12-8-5)2-4-6-9-13-14-10-6;;/h1-4H2,(H,7,8,11,12)(H,9,10,13,14);2*1H2. The average molecular weight is 230 g/mol. The molecule has 10 heteroatoms. The van der Waals surface area contributed by atoms with Crippen LogP contribution in [0.5, 0.6) is 0 Å². The van der Waals surface area contributed by atoms with Gasteiger partial charge in [0.15, 0.2) is 11.6 Å². The Balaban J connectivity index is 0.00000112. The van der Waals surface area contributed by atoms with Crippen LogP contribution in [0.1, 0.15) is 24.5 Å². The first-order chi connectivity index (χ1) is 6.95. The van der Waals surface area contributed by atoms with E-state index in [-0.39, 0.29) is 11.0 Å². The number of aromatic amines is 2. The Bertz CT molecular complexity index is 310. The fourth-order valence-electron chi connectivity index (χ4n) is 1.14. The van der Waals surface area contributed by atoms with Crippen LogP contribution in [-0.2, 0) is 12.8 Å². The zero-order valence-electron chi connectivity index (χ0n) is 8.51. The van der Waals surface area contributed by atoms with Crippen LogP contribution in [0.3, 0.4) is 0 Å². The van der Waals surface area contributed by atoms with Gasteiger partial charge < -0.3 is 11.0 Å². The van der Waals surface area contributed by atoms with Crippen molar-refractivity contribution in [1.29, 1.82) is 0 Å². The van der Waals surface area contributed by atoms with Crippen LogP contribution < -0.4 is 0 Å². The van der Waals surface area contributed by atoms with Gasteiger partial charge in [-0.1, -0.05) is 10.4 Å². The molecule has 0 aliphatic heterocycles. The Morgan fingerprint density at radius 3 is 1.50 bits per heavy atom. The summed E-state index contributed by atoms with van der Waals surface area (Å²) in [5.74, 6) is 1.50. The average Bonchev–Trinajstić information content (AvgIpc) is 2.86. The van der Waals surface area contributed by atoms with Gasteiger partial charge in [0, 0.05) is 12.8 Å². The van der Waals surface area contributed by atoms with E-state index in [0.29, 0.717) is 0 Å². The minimum absolute atomic E-state index is 0. The molecule has 0 aliphatic carbocycles. The van der Waals surface area contributed by atoms with Crippen molar-refractivity contribution in [2.75, 3.05) is 0 Å². The Morgan fingerprint density at radius 1 is 0.750 bits per heavy atom. The Kier molecular flexibility index (Phi) is 6.47. The molecule has 2 heterocycles. The molecule has 0 bridgehead atoms. The van der Waals surface area contributed by atoms with E-state index in [1.165, 1.54) is 0 Å². The highest BCUT2D eigenvalue weighted by Crippen LogP contribution is 2.00. The van der Waals surface area contributed by atoms with E-state index in [1.807, 2.05) is 0 Å². The number of tetrazole rings is 2. The first-order valence-corrected chi connectivity index (χ1v) is 4.40. The van der Waals surface area contributed by atoms with Crippen molar-refractivity contribution in [1.82, 2.24) is 41.2 Å². The maximum absolute atomic E-state index is 3.85. The van der Waals surface area contributed by atoms with E-state index >= 15 is 0 Å². The lowest BCUT2D eigenvalue weighted by molar-refractivity contribution is 0.688. The number of hydrogen-bond donors (Lipinski definition) is 2. The van der Waals surface area contributed by atoms with Gasteiger partial charge in [-0.3, -0.25) is 0 Å². The van der Waals surface area contributed by atoms with Gasteiger partial charge in [-0.05, 0) is 12.8 Å². The first-order valence-electron chi connectivity index (χ1n) is 4.40. The number of unbranched alkanes of at least 4 members (excludes halogenated alkanes) is 1. The summed E-state index contributed by atoms with van der Waals surface area (Å²) in [5.41, 5.74) is 0. The van der Waals surface area contributed by atoms with Crippen LogP contribution >= 0.6 is 0 Å². The highest BCUT2D eigenvalue weighted by Gasteiger charge is 2.00. The van der Waals surface area contributed by atoms with Gasteiger partial charge in [0.2, 0.25) is 0 Å². The molecule has 0 atom stereocenters.